The number of carbonyl (C=O) groups is 1. The van der Waals surface area contributed by atoms with Crippen LogP contribution < -0.4 is 9.75 Å². The van der Waals surface area contributed by atoms with Crippen molar-refractivity contribution in [2.75, 3.05) is 12.1 Å². The average Bonchev–Trinajstić information content (AvgIpc) is 3.25. The summed E-state index contributed by atoms with van der Waals surface area (Å²) in [6.07, 6.45) is 1.66. The minimum Gasteiger partial charge on any atom is -0.457 e. The van der Waals surface area contributed by atoms with E-state index in [-0.39, 0.29) is 11.7 Å². The molecule has 0 aliphatic rings. The zero-order chi connectivity index (χ0) is 21.1. The maximum absolute atomic E-state index is 13.2. The zero-order valence-electron chi connectivity index (χ0n) is 16.6. The Kier molecular flexibility index (Phi) is 5.30. The molecule has 5 nitrogen and oxygen atoms in total. The predicted molar refractivity (Wildman–Crippen MR) is 114 cm³/mol. The second-order valence-corrected chi connectivity index (χ2v) is 6.78. The molecule has 6 heteroatoms. The van der Waals surface area contributed by atoms with Crippen LogP contribution in [0.15, 0.2) is 85.1 Å². The number of rotatable bonds is 5. The second kappa shape index (κ2) is 8.21. The summed E-state index contributed by atoms with van der Waals surface area (Å²) in [4.78, 5) is 13.3. The summed E-state index contributed by atoms with van der Waals surface area (Å²) in [6, 6.07) is 23.4. The maximum atomic E-state index is 13.2. The molecule has 0 N–H and O–H groups in total. The second-order valence-electron chi connectivity index (χ2n) is 6.78. The van der Waals surface area contributed by atoms with E-state index in [0.29, 0.717) is 11.5 Å². The normalized spacial score (nSPS) is 10.6. The lowest BCUT2D eigenvalue weighted by Crippen LogP contribution is -2.35. The number of carbonyl (C=O) groups excluding carboxylic acids is 1. The van der Waals surface area contributed by atoms with Gasteiger partial charge in [0, 0.05) is 25.1 Å². The lowest BCUT2D eigenvalue weighted by molar-refractivity contribution is -0.117. The Labute approximate surface area is 173 Å². The van der Waals surface area contributed by atoms with Crippen molar-refractivity contribution >= 4 is 5.91 Å². The molecular formula is C24H20FN3O2. The van der Waals surface area contributed by atoms with Crippen molar-refractivity contribution in [2.45, 2.75) is 6.92 Å². The molecule has 4 rings (SSSR count). The Hall–Kier alpha value is -3.93. The van der Waals surface area contributed by atoms with E-state index in [9.17, 15) is 9.18 Å². The number of benzene rings is 3. The number of aromatic nitrogens is 2. The summed E-state index contributed by atoms with van der Waals surface area (Å²) in [5, 5.41) is 5.69. The fraction of sp³-hybridized carbons (Fsp3) is 0.0833. The molecule has 0 spiro atoms. The Balaban J connectivity index is 1.64. The van der Waals surface area contributed by atoms with Crippen LogP contribution in [0.2, 0.25) is 0 Å². The van der Waals surface area contributed by atoms with Crippen molar-refractivity contribution in [1.82, 2.24) is 9.89 Å². The Morgan fingerprint density at radius 3 is 2.30 bits per heavy atom. The molecule has 150 valence electrons. The molecule has 0 radical (unpaired) electrons. The van der Waals surface area contributed by atoms with Crippen molar-refractivity contribution in [3.63, 3.8) is 0 Å². The number of amides is 1. The summed E-state index contributed by atoms with van der Waals surface area (Å²) < 4.78 is 19.1. The van der Waals surface area contributed by atoms with Crippen LogP contribution >= 0.6 is 0 Å². The van der Waals surface area contributed by atoms with Gasteiger partial charge in [-0.25, -0.2) is 9.40 Å². The molecule has 0 atom stereocenters. The third kappa shape index (κ3) is 3.93. The lowest BCUT2D eigenvalue weighted by atomic mass is 10.0. The highest BCUT2D eigenvalue weighted by Crippen LogP contribution is 2.34. The Morgan fingerprint density at radius 1 is 0.933 bits per heavy atom. The number of para-hydroxylation sites is 1. The molecule has 1 heterocycles. The highest BCUT2D eigenvalue weighted by atomic mass is 19.1. The number of halogens is 1. The largest absolute Gasteiger partial charge is 0.457 e. The zero-order valence-corrected chi connectivity index (χ0v) is 16.6. The van der Waals surface area contributed by atoms with Crippen LogP contribution in [-0.4, -0.2) is 22.8 Å². The molecule has 0 saturated heterocycles. The van der Waals surface area contributed by atoms with E-state index in [4.69, 9.17) is 4.74 Å². The van der Waals surface area contributed by atoms with Gasteiger partial charge in [-0.3, -0.25) is 4.79 Å². The highest BCUT2D eigenvalue weighted by Gasteiger charge is 2.13. The molecule has 0 aliphatic heterocycles. The van der Waals surface area contributed by atoms with Gasteiger partial charge in [-0.15, -0.1) is 0 Å². The van der Waals surface area contributed by atoms with E-state index >= 15 is 0 Å². The van der Waals surface area contributed by atoms with E-state index in [1.165, 1.54) is 24.1 Å². The number of hydrogen-bond acceptors (Lipinski definition) is 3. The van der Waals surface area contributed by atoms with E-state index in [1.807, 2.05) is 54.6 Å². The minimum atomic E-state index is -0.305. The van der Waals surface area contributed by atoms with Gasteiger partial charge in [0.15, 0.2) is 0 Å². The van der Waals surface area contributed by atoms with E-state index in [2.05, 4.69) is 5.10 Å². The summed E-state index contributed by atoms with van der Waals surface area (Å²) in [5.41, 5.74) is 3.64. The predicted octanol–water partition coefficient (Wildman–Crippen LogP) is 5.26. The van der Waals surface area contributed by atoms with Gasteiger partial charge in [-0.2, -0.15) is 9.89 Å². The molecule has 4 aromatic rings. The van der Waals surface area contributed by atoms with Gasteiger partial charge < -0.3 is 4.74 Å². The smallest absolute Gasteiger partial charge is 0.239 e. The molecule has 30 heavy (non-hydrogen) atoms. The molecule has 0 bridgehead atoms. The van der Waals surface area contributed by atoms with Crippen molar-refractivity contribution in [3.8, 4) is 33.9 Å². The minimum absolute atomic E-state index is 0.108. The number of hydrogen-bond donors (Lipinski definition) is 0. The van der Waals surface area contributed by atoms with E-state index in [0.717, 1.165) is 22.4 Å². The summed E-state index contributed by atoms with van der Waals surface area (Å²) in [6.45, 7) is 1.49. The van der Waals surface area contributed by atoms with Gasteiger partial charge in [0.2, 0.25) is 5.91 Å². The summed E-state index contributed by atoms with van der Waals surface area (Å²) in [7, 11) is 1.68. The van der Waals surface area contributed by atoms with E-state index < -0.39 is 0 Å². The van der Waals surface area contributed by atoms with Crippen LogP contribution in [0.5, 0.6) is 11.5 Å². The molecular weight excluding hydrogens is 381 g/mol. The summed E-state index contributed by atoms with van der Waals surface area (Å²) in [5.74, 6) is 0.833. The van der Waals surface area contributed by atoms with Crippen LogP contribution in [0.1, 0.15) is 6.92 Å². The molecule has 3 aromatic carbocycles. The van der Waals surface area contributed by atoms with Gasteiger partial charge in [0.1, 0.15) is 17.3 Å². The van der Waals surface area contributed by atoms with Crippen LogP contribution in [0.4, 0.5) is 4.39 Å². The molecule has 0 saturated carbocycles. The fourth-order valence-electron chi connectivity index (χ4n) is 3.12. The molecule has 1 aromatic heterocycles. The monoisotopic (exact) mass is 401 g/mol. The number of nitrogens with zero attached hydrogens (tertiary/aromatic N) is 3. The first kappa shape index (κ1) is 19.4. The van der Waals surface area contributed by atoms with Gasteiger partial charge >= 0.3 is 0 Å². The van der Waals surface area contributed by atoms with Crippen molar-refractivity contribution in [3.05, 3.63) is 90.9 Å². The van der Waals surface area contributed by atoms with Gasteiger partial charge in [0.25, 0.3) is 0 Å². The standard InChI is InChI=1S/C24H20FN3O2/c1-17(29)27(2)28-23(15-16-26-28)19-9-7-18(8-10-19)22-5-3-4-6-24(22)30-21-13-11-20(25)12-14-21/h3-16H,1-2H3. The van der Waals surface area contributed by atoms with Gasteiger partial charge in [-0.05, 0) is 42.0 Å². The van der Waals surface area contributed by atoms with Crippen LogP contribution in [0.3, 0.4) is 0 Å². The van der Waals surface area contributed by atoms with E-state index in [1.54, 1.807) is 30.2 Å². The highest BCUT2D eigenvalue weighted by molar-refractivity contribution is 5.83. The number of ether oxygens (including phenoxy) is 1. The SMILES string of the molecule is CC(=O)N(C)n1nccc1-c1ccc(-c2ccccc2Oc2ccc(F)cc2)cc1. The molecule has 0 fully saturated rings. The maximum Gasteiger partial charge on any atom is 0.239 e. The Bertz CT molecular complexity index is 1170. The van der Waals surface area contributed by atoms with Crippen LogP contribution in [0, 0.1) is 5.82 Å². The lowest BCUT2D eigenvalue weighted by Gasteiger charge is -2.18. The average molecular weight is 401 g/mol. The van der Waals surface area contributed by atoms with Gasteiger partial charge in [0.05, 0.1) is 11.9 Å². The molecule has 0 aliphatic carbocycles. The first-order valence-electron chi connectivity index (χ1n) is 9.45. The first-order valence-corrected chi connectivity index (χ1v) is 9.45. The third-order valence-electron chi connectivity index (χ3n) is 4.78. The van der Waals surface area contributed by atoms with Crippen LogP contribution in [0.25, 0.3) is 22.4 Å². The van der Waals surface area contributed by atoms with Crippen molar-refractivity contribution in [2.24, 2.45) is 0 Å². The van der Waals surface area contributed by atoms with Crippen molar-refractivity contribution < 1.29 is 13.9 Å². The molecule has 1 amide bonds. The molecule has 0 unspecified atom stereocenters. The topological polar surface area (TPSA) is 47.4 Å². The quantitative estimate of drug-likeness (QED) is 0.458. The first-order chi connectivity index (χ1) is 14.5. The van der Waals surface area contributed by atoms with Crippen molar-refractivity contribution in [1.29, 1.82) is 0 Å². The summed E-state index contributed by atoms with van der Waals surface area (Å²) >= 11 is 0. The third-order valence-corrected chi connectivity index (χ3v) is 4.78. The van der Waals surface area contributed by atoms with Gasteiger partial charge in [-0.1, -0.05) is 42.5 Å². The fourth-order valence-corrected chi connectivity index (χ4v) is 3.12. The van der Waals surface area contributed by atoms with Crippen LogP contribution in [-0.2, 0) is 4.79 Å². The Morgan fingerprint density at radius 2 is 1.60 bits per heavy atom.